The van der Waals surface area contributed by atoms with Crippen LogP contribution in [0.25, 0.3) is 0 Å². The molecule has 0 aliphatic carbocycles. The lowest BCUT2D eigenvalue weighted by Gasteiger charge is -2.23. The van der Waals surface area contributed by atoms with Gasteiger partial charge in [-0.25, -0.2) is 9.97 Å². The Morgan fingerprint density at radius 3 is 2.83 bits per heavy atom. The molecule has 1 aromatic heterocycles. The van der Waals surface area contributed by atoms with E-state index in [0.717, 1.165) is 30.9 Å². The zero-order valence-electron chi connectivity index (χ0n) is 11.9. The average molecular weight is 247 g/mol. The number of hydrogen-bond acceptors (Lipinski definition) is 3. The Labute approximate surface area is 110 Å². The summed E-state index contributed by atoms with van der Waals surface area (Å²) in [6.07, 6.45) is 5.93. The maximum atomic E-state index is 4.72. The molecule has 1 N–H and O–H groups in total. The fourth-order valence-electron chi connectivity index (χ4n) is 2.63. The SMILES string of the molecule is Cc1cc(CC(C)C)nc(CC2CCCCN2)n1. The van der Waals surface area contributed by atoms with Gasteiger partial charge in [0, 0.05) is 23.9 Å². The van der Waals surface area contributed by atoms with Crippen molar-refractivity contribution in [3.05, 3.63) is 23.3 Å². The van der Waals surface area contributed by atoms with Crippen LogP contribution in [0.2, 0.25) is 0 Å². The lowest BCUT2D eigenvalue weighted by Crippen LogP contribution is -2.36. The molecule has 0 radical (unpaired) electrons. The minimum absolute atomic E-state index is 0.576. The summed E-state index contributed by atoms with van der Waals surface area (Å²) >= 11 is 0. The molecule has 0 saturated carbocycles. The number of piperidine rings is 1. The van der Waals surface area contributed by atoms with Crippen LogP contribution in [0.1, 0.15) is 50.3 Å². The molecule has 0 bridgehead atoms. The van der Waals surface area contributed by atoms with Crippen LogP contribution < -0.4 is 5.32 Å². The van der Waals surface area contributed by atoms with Crippen molar-refractivity contribution in [1.29, 1.82) is 0 Å². The fraction of sp³-hybridized carbons (Fsp3) is 0.733. The summed E-state index contributed by atoms with van der Waals surface area (Å²) in [6.45, 7) is 7.69. The van der Waals surface area contributed by atoms with E-state index in [4.69, 9.17) is 4.98 Å². The van der Waals surface area contributed by atoms with E-state index in [2.05, 4.69) is 37.1 Å². The molecule has 1 unspecified atom stereocenters. The minimum Gasteiger partial charge on any atom is -0.314 e. The van der Waals surface area contributed by atoms with E-state index in [-0.39, 0.29) is 0 Å². The van der Waals surface area contributed by atoms with E-state index >= 15 is 0 Å². The molecule has 1 aliphatic heterocycles. The molecule has 1 aromatic rings. The van der Waals surface area contributed by atoms with E-state index in [1.807, 2.05) is 0 Å². The molecular weight excluding hydrogens is 222 g/mol. The van der Waals surface area contributed by atoms with Gasteiger partial charge in [-0.3, -0.25) is 0 Å². The third-order valence-electron chi connectivity index (χ3n) is 3.41. The molecule has 100 valence electrons. The molecule has 1 saturated heterocycles. The van der Waals surface area contributed by atoms with Crippen molar-refractivity contribution in [3.63, 3.8) is 0 Å². The van der Waals surface area contributed by atoms with Crippen LogP contribution in [0.5, 0.6) is 0 Å². The Balaban J connectivity index is 2.04. The van der Waals surface area contributed by atoms with Crippen molar-refractivity contribution in [2.45, 2.75) is 58.9 Å². The number of hydrogen-bond donors (Lipinski definition) is 1. The smallest absolute Gasteiger partial charge is 0.130 e. The van der Waals surface area contributed by atoms with Crippen molar-refractivity contribution < 1.29 is 0 Å². The standard InChI is InChI=1S/C15H25N3/c1-11(2)8-14-9-12(3)17-15(18-14)10-13-6-4-5-7-16-13/h9,11,13,16H,4-8,10H2,1-3H3. The van der Waals surface area contributed by atoms with Crippen LogP contribution in [0.4, 0.5) is 0 Å². The third kappa shape index (κ3) is 4.05. The van der Waals surface area contributed by atoms with Gasteiger partial charge in [0.2, 0.25) is 0 Å². The molecule has 18 heavy (non-hydrogen) atoms. The van der Waals surface area contributed by atoms with Crippen LogP contribution in [0, 0.1) is 12.8 Å². The van der Waals surface area contributed by atoms with Crippen LogP contribution in [0.15, 0.2) is 6.07 Å². The van der Waals surface area contributed by atoms with Gasteiger partial charge in [-0.05, 0) is 44.7 Å². The number of nitrogens with zero attached hydrogens (tertiary/aromatic N) is 2. The fourth-order valence-corrected chi connectivity index (χ4v) is 2.63. The zero-order valence-corrected chi connectivity index (χ0v) is 11.9. The largest absolute Gasteiger partial charge is 0.314 e. The molecule has 3 heteroatoms. The molecule has 0 aromatic carbocycles. The summed E-state index contributed by atoms with van der Waals surface area (Å²) in [5, 5.41) is 3.57. The Kier molecular flexibility index (Phi) is 4.70. The number of aromatic nitrogens is 2. The first-order valence-electron chi connectivity index (χ1n) is 7.20. The average Bonchev–Trinajstić information content (AvgIpc) is 2.28. The first kappa shape index (κ1) is 13.5. The Bertz CT molecular complexity index is 381. The van der Waals surface area contributed by atoms with Crippen molar-refractivity contribution in [1.82, 2.24) is 15.3 Å². The second-order valence-corrected chi connectivity index (χ2v) is 5.87. The Morgan fingerprint density at radius 2 is 2.17 bits per heavy atom. The van der Waals surface area contributed by atoms with Gasteiger partial charge in [-0.1, -0.05) is 20.3 Å². The van der Waals surface area contributed by atoms with Gasteiger partial charge in [-0.2, -0.15) is 0 Å². The van der Waals surface area contributed by atoms with Crippen molar-refractivity contribution in [2.75, 3.05) is 6.54 Å². The van der Waals surface area contributed by atoms with Crippen LogP contribution in [-0.2, 0) is 12.8 Å². The maximum Gasteiger partial charge on any atom is 0.130 e. The van der Waals surface area contributed by atoms with Crippen LogP contribution >= 0.6 is 0 Å². The topological polar surface area (TPSA) is 37.8 Å². The van der Waals surface area contributed by atoms with Gasteiger partial charge in [0.25, 0.3) is 0 Å². The van der Waals surface area contributed by atoms with Crippen molar-refractivity contribution >= 4 is 0 Å². The first-order chi connectivity index (χ1) is 8.63. The molecular formula is C15H25N3. The number of rotatable bonds is 4. The second-order valence-electron chi connectivity index (χ2n) is 5.87. The highest BCUT2D eigenvalue weighted by Gasteiger charge is 2.15. The second kappa shape index (κ2) is 6.28. The number of aryl methyl sites for hydroxylation is 1. The monoisotopic (exact) mass is 247 g/mol. The quantitative estimate of drug-likeness (QED) is 0.889. The van der Waals surface area contributed by atoms with Crippen molar-refractivity contribution in [3.8, 4) is 0 Å². The normalized spacial score (nSPS) is 20.3. The van der Waals surface area contributed by atoms with E-state index in [1.165, 1.54) is 25.0 Å². The summed E-state index contributed by atoms with van der Waals surface area (Å²) in [4.78, 5) is 9.30. The van der Waals surface area contributed by atoms with Crippen LogP contribution in [-0.4, -0.2) is 22.6 Å². The predicted octanol–water partition coefficient (Wildman–Crippen LogP) is 2.67. The van der Waals surface area contributed by atoms with Crippen LogP contribution in [0.3, 0.4) is 0 Å². The summed E-state index contributed by atoms with van der Waals surface area (Å²) in [5.41, 5.74) is 2.30. The van der Waals surface area contributed by atoms with E-state index < -0.39 is 0 Å². The molecule has 2 rings (SSSR count). The van der Waals surface area contributed by atoms with E-state index in [1.54, 1.807) is 0 Å². The lowest BCUT2D eigenvalue weighted by molar-refractivity contribution is 0.393. The Hall–Kier alpha value is -0.960. The zero-order chi connectivity index (χ0) is 13.0. The Morgan fingerprint density at radius 1 is 1.33 bits per heavy atom. The number of nitrogens with one attached hydrogen (secondary N) is 1. The molecule has 1 fully saturated rings. The molecule has 1 aliphatic rings. The van der Waals surface area contributed by atoms with Crippen molar-refractivity contribution in [2.24, 2.45) is 5.92 Å². The van der Waals surface area contributed by atoms with Gasteiger partial charge in [0.15, 0.2) is 0 Å². The lowest BCUT2D eigenvalue weighted by atomic mass is 10.0. The van der Waals surface area contributed by atoms with Gasteiger partial charge < -0.3 is 5.32 Å². The highest BCUT2D eigenvalue weighted by atomic mass is 14.9. The summed E-state index contributed by atoms with van der Waals surface area (Å²) < 4.78 is 0. The van der Waals surface area contributed by atoms with E-state index in [0.29, 0.717) is 12.0 Å². The predicted molar refractivity (Wildman–Crippen MR) is 74.7 cm³/mol. The highest BCUT2D eigenvalue weighted by Crippen LogP contribution is 2.13. The molecule has 2 heterocycles. The van der Waals surface area contributed by atoms with Gasteiger partial charge in [0.05, 0.1) is 0 Å². The summed E-state index contributed by atoms with van der Waals surface area (Å²) in [7, 11) is 0. The maximum absolute atomic E-state index is 4.72. The van der Waals surface area contributed by atoms with Gasteiger partial charge in [0.1, 0.15) is 5.82 Å². The molecule has 0 amide bonds. The first-order valence-corrected chi connectivity index (χ1v) is 7.20. The summed E-state index contributed by atoms with van der Waals surface area (Å²) in [6, 6.07) is 2.70. The van der Waals surface area contributed by atoms with Gasteiger partial charge in [-0.15, -0.1) is 0 Å². The molecule has 0 spiro atoms. The highest BCUT2D eigenvalue weighted by molar-refractivity contribution is 5.11. The summed E-state index contributed by atoms with van der Waals surface area (Å²) in [5.74, 6) is 1.67. The molecule has 1 atom stereocenters. The third-order valence-corrected chi connectivity index (χ3v) is 3.41. The molecule has 3 nitrogen and oxygen atoms in total. The van der Waals surface area contributed by atoms with Gasteiger partial charge >= 0.3 is 0 Å². The minimum atomic E-state index is 0.576. The van der Waals surface area contributed by atoms with E-state index in [9.17, 15) is 0 Å².